The second-order valence-electron chi connectivity index (χ2n) is 4.45. The Balaban J connectivity index is 3.01. The summed E-state index contributed by atoms with van der Waals surface area (Å²) >= 11 is 3.39. The normalized spacial score (nSPS) is 11.8. The van der Waals surface area contributed by atoms with Crippen molar-refractivity contribution < 1.29 is 14.3 Å². The number of ether oxygens (including phenoxy) is 2. The van der Waals surface area contributed by atoms with Gasteiger partial charge in [0, 0.05) is 24.0 Å². The third kappa shape index (κ3) is 4.13. The fourth-order valence-corrected chi connectivity index (χ4v) is 2.13. The summed E-state index contributed by atoms with van der Waals surface area (Å²) in [6, 6.07) is 5.43. The van der Waals surface area contributed by atoms with Gasteiger partial charge in [0.15, 0.2) is 11.5 Å². The zero-order valence-corrected chi connectivity index (χ0v) is 14.1. The average molecular weight is 344 g/mol. The number of carbonyl (C=O) groups excluding carboxylic acids is 1. The van der Waals surface area contributed by atoms with Gasteiger partial charge in [0.2, 0.25) is 0 Å². The zero-order chi connectivity index (χ0) is 15.1. The van der Waals surface area contributed by atoms with Gasteiger partial charge in [0.25, 0.3) is 5.91 Å². The molecule has 1 rings (SSSR count). The molecule has 0 aliphatic carbocycles. The molecular formula is C15H22BrNO3. The van der Waals surface area contributed by atoms with E-state index < -0.39 is 0 Å². The van der Waals surface area contributed by atoms with Crippen molar-refractivity contribution in [1.29, 1.82) is 0 Å². The van der Waals surface area contributed by atoms with E-state index in [-0.39, 0.29) is 11.9 Å². The molecule has 1 amide bonds. The number of benzene rings is 1. The monoisotopic (exact) mass is 343 g/mol. The van der Waals surface area contributed by atoms with Gasteiger partial charge in [-0.15, -0.1) is 0 Å². The van der Waals surface area contributed by atoms with E-state index in [4.69, 9.17) is 9.47 Å². The maximum absolute atomic E-state index is 12.4. The van der Waals surface area contributed by atoms with Crippen molar-refractivity contribution in [2.24, 2.45) is 0 Å². The molecule has 0 saturated carbocycles. The fraction of sp³-hybridized carbons (Fsp3) is 0.533. The van der Waals surface area contributed by atoms with E-state index in [0.717, 1.165) is 5.33 Å². The number of alkyl halides is 1. The number of carbonyl (C=O) groups is 1. The second-order valence-corrected chi connectivity index (χ2v) is 5.09. The Hall–Kier alpha value is -1.23. The highest BCUT2D eigenvalue weighted by Crippen LogP contribution is 2.29. The standard InChI is InChI=1S/C15H22BrNO3/c1-5-19-13-8-7-12(9-14(13)20-6-2)15(18)17(4)11(3)10-16/h7-9,11H,5-6,10H2,1-4H3. The molecule has 1 aromatic carbocycles. The van der Waals surface area contributed by atoms with E-state index in [1.165, 1.54) is 0 Å². The molecule has 5 heteroatoms. The highest BCUT2D eigenvalue weighted by Gasteiger charge is 2.18. The molecule has 0 bridgehead atoms. The predicted octanol–water partition coefficient (Wildman–Crippen LogP) is 3.34. The summed E-state index contributed by atoms with van der Waals surface area (Å²) < 4.78 is 11.0. The van der Waals surface area contributed by atoms with Crippen LogP contribution in [0.5, 0.6) is 11.5 Å². The zero-order valence-electron chi connectivity index (χ0n) is 12.5. The summed E-state index contributed by atoms with van der Waals surface area (Å²) in [6.07, 6.45) is 0. The van der Waals surface area contributed by atoms with E-state index in [9.17, 15) is 4.79 Å². The van der Waals surface area contributed by atoms with Crippen LogP contribution in [0.25, 0.3) is 0 Å². The molecule has 0 aliphatic rings. The molecule has 1 aromatic rings. The Morgan fingerprint density at radius 3 is 2.40 bits per heavy atom. The van der Waals surface area contributed by atoms with Crippen LogP contribution in [-0.2, 0) is 0 Å². The van der Waals surface area contributed by atoms with Crippen molar-refractivity contribution in [2.75, 3.05) is 25.6 Å². The van der Waals surface area contributed by atoms with Gasteiger partial charge in [0.1, 0.15) is 0 Å². The van der Waals surface area contributed by atoms with Crippen molar-refractivity contribution in [1.82, 2.24) is 4.90 Å². The molecule has 112 valence electrons. The van der Waals surface area contributed by atoms with E-state index >= 15 is 0 Å². The third-order valence-electron chi connectivity index (χ3n) is 3.00. The molecule has 4 nitrogen and oxygen atoms in total. The predicted molar refractivity (Wildman–Crippen MR) is 84.1 cm³/mol. The lowest BCUT2D eigenvalue weighted by Gasteiger charge is -2.23. The minimum absolute atomic E-state index is 0.0269. The van der Waals surface area contributed by atoms with Gasteiger partial charge in [-0.05, 0) is 39.0 Å². The summed E-state index contributed by atoms with van der Waals surface area (Å²) in [4.78, 5) is 14.1. The number of amides is 1. The maximum atomic E-state index is 12.4. The Bertz CT molecular complexity index is 451. The number of halogens is 1. The molecule has 0 heterocycles. The van der Waals surface area contributed by atoms with Crippen LogP contribution in [-0.4, -0.2) is 42.4 Å². The first-order valence-corrected chi connectivity index (χ1v) is 7.90. The number of hydrogen-bond donors (Lipinski definition) is 0. The molecule has 0 radical (unpaired) electrons. The van der Waals surface area contributed by atoms with Gasteiger partial charge >= 0.3 is 0 Å². The van der Waals surface area contributed by atoms with Crippen molar-refractivity contribution in [3.8, 4) is 11.5 Å². The third-order valence-corrected chi connectivity index (χ3v) is 3.93. The largest absolute Gasteiger partial charge is 0.490 e. The van der Waals surface area contributed by atoms with Gasteiger partial charge in [-0.1, -0.05) is 15.9 Å². The minimum Gasteiger partial charge on any atom is -0.490 e. The van der Waals surface area contributed by atoms with E-state index in [0.29, 0.717) is 30.3 Å². The van der Waals surface area contributed by atoms with Crippen LogP contribution >= 0.6 is 15.9 Å². The molecule has 0 saturated heterocycles. The first-order chi connectivity index (χ1) is 9.54. The van der Waals surface area contributed by atoms with Crippen molar-refractivity contribution in [3.05, 3.63) is 23.8 Å². The molecule has 0 fully saturated rings. The molecule has 0 aliphatic heterocycles. The number of rotatable bonds is 7. The first kappa shape index (κ1) is 16.8. The molecule has 0 aromatic heterocycles. The van der Waals surface area contributed by atoms with E-state index in [1.807, 2.05) is 20.8 Å². The van der Waals surface area contributed by atoms with Crippen LogP contribution in [0.15, 0.2) is 18.2 Å². The number of nitrogens with zero attached hydrogens (tertiary/aromatic N) is 1. The van der Waals surface area contributed by atoms with Crippen LogP contribution in [0.2, 0.25) is 0 Å². The molecule has 1 atom stereocenters. The Kier molecular flexibility index (Phi) is 6.85. The van der Waals surface area contributed by atoms with Gasteiger partial charge in [0.05, 0.1) is 13.2 Å². The Morgan fingerprint density at radius 1 is 1.25 bits per heavy atom. The topological polar surface area (TPSA) is 38.8 Å². The van der Waals surface area contributed by atoms with Crippen LogP contribution in [0.4, 0.5) is 0 Å². The van der Waals surface area contributed by atoms with Crippen LogP contribution in [0.1, 0.15) is 31.1 Å². The van der Waals surface area contributed by atoms with Crippen LogP contribution in [0.3, 0.4) is 0 Å². The van der Waals surface area contributed by atoms with E-state index in [2.05, 4.69) is 15.9 Å². The van der Waals surface area contributed by atoms with Crippen molar-refractivity contribution in [3.63, 3.8) is 0 Å². The summed E-state index contributed by atoms with van der Waals surface area (Å²) in [7, 11) is 1.80. The summed E-state index contributed by atoms with van der Waals surface area (Å²) in [5.74, 6) is 1.25. The molecule has 0 spiro atoms. The van der Waals surface area contributed by atoms with Gasteiger partial charge in [-0.3, -0.25) is 4.79 Å². The lowest BCUT2D eigenvalue weighted by molar-refractivity contribution is 0.0757. The average Bonchev–Trinajstić information content (AvgIpc) is 2.47. The van der Waals surface area contributed by atoms with Gasteiger partial charge in [-0.2, -0.15) is 0 Å². The quantitative estimate of drug-likeness (QED) is 0.712. The molecular weight excluding hydrogens is 322 g/mol. The highest BCUT2D eigenvalue weighted by atomic mass is 79.9. The van der Waals surface area contributed by atoms with Crippen molar-refractivity contribution in [2.45, 2.75) is 26.8 Å². The SMILES string of the molecule is CCOc1ccc(C(=O)N(C)C(C)CBr)cc1OCC. The lowest BCUT2D eigenvalue weighted by atomic mass is 10.1. The van der Waals surface area contributed by atoms with Gasteiger partial charge < -0.3 is 14.4 Å². The lowest BCUT2D eigenvalue weighted by Crippen LogP contribution is -2.36. The fourth-order valence-electron chi connectivity index (χ4n) is 1.69. The highest BCUT2D eigenvalue weighted by molar-refractivity contribution is 9.09. The summed E-state index contributed by atoms with van der Waals surface area (Å²) in [5.41, 5.74) is 0.604. The first-order valence-electron chi connectivity index (χ1n) is 6.77. The molecule has 0 N–H and O–H groups in total. The molecule has 1 unspecified atom stereocenters. The Morgan fingerprint density at radius 2 is 1.85 bits per heavy atom. The number of hydrogen-bond acceptors (Lipinski definition) is 3. The van der Waals surface area contributed by atoms with Crippen molar-refractivity contribution >= 4 is 21.8 Å². The minimum atomic E-state index is -0.0269. The Labute approximate surface area is 129 Å². The van der Waals surface area contributed by atoms with Crippen LogP contribution < -0.4 is 9.47 Å². The van der Waals surface area contributed by atoms with Crippen LogP contribution in [0, 0.1) is 0 Å². The summed E-state index contributed by atoms with van der Waals surface area (Å²) in [5, 5.41) is 0.741. The maximum Gasteiger partial charge on any atom is 0.254 e. The van der Waals surface area contributed by atoms with E-state index in [1.54, 1.807) is 30.1 Å². The molecule has 20 heavy (non-hydrogen) atoms. The van der Waals surface area contributed by atoms with Gasteiger partial charge in [-0.25, -0.2) is 0 Å². The second kappa shape index (κ2) is 8.15. The smallest absolute Gasteiger partial charge is 0.254 e. The summed E-state index contributed by atoms with van der Waals surface area (Å²) in [6.45, 7) is 6.91.